The molecule has 6 rings (SSSR count). The average molecular weight is 419 g/mol. The Morgan fingerprint density at radius 2 is 2.06 bits per heavy atom. The number of nitrogens with zero attached hydrogens (tertiary/aromatic N) is 8. The maximum absolute atomic E-state index is 5.60. The van der Waals surface area contributed by atoms with Gasteiger partial charge in [-0.1, -0.05) is 0 Å². The minimum Gasteiger partial charge on any atom is -0.381 e. The van der Waals surface area contributed by atoms with E-state index in [0.29, 0.717) is 12.1 Å². The second-order valence-electron chi connectivity index (χ2n) is 8.63. The molecule has 31 heavy (non-hydrogen) atoms. The molecule has 0 unspecified atom stereocenters. The van der Waals surface area contributed by atoms with Crippen molar-refractivity contribution in [2.75, 3.05) is 35.8 Å². The summed E-state index contributed by atoms with van der Waals surface area (Å²) in [5.74, 6) is 2.45. The van der Waals surface area contributed by atoms with E-state index >= 15 is 0 Å². The average Bonchev–Trinajstić information content (AvgIpc) is 3.45. The molecule has 1 spiro atoms. The molecule has 0 saturated heterocycles. The van der Waals surface area contributed by atoms with Crippen molar-refractivity contribution in [2.45, 2.75) is 44.2 Å². The van der Waals surface area contributed by atoms with Gasteiger partial charge in [0.05, 0.1) is 36.3 Å². The third kappa shape index (κ3) is 2.71. The van der Waals surface area contributed by atoms with Crippen LogP contribution in [0, 0.1) is 6.92 Å². The maximum Gasteiger partial charge on any atom is 0.229 e. The first-order chi connectivity index (χ1) is 15.1. The summed E-state index contributed by atoms with van der Waals surface area (Å²) in [6.07, 6.45) is 9.85. The minimum atomic E-state index is -0.0228. The number of fused-ring (bicyclic) bond motifs is 5. The van der Waals surface area contributed by atoms with E-state index in [9.17, 15) is 0 Å². The summed E-state index contributed by atoms with van der Waals surface area (Å²) in [7, 11) is 3.85. The second kappa shape index (κ2) is 6.61. The Morgan fingerprint density at radius 3 is 2.87 bits per heavy atom. The van der Waals surface area contributed by atoms with Crippen molar-refractivity contribution in [1.29, 1.82) is 0 Å². The van der Waals surface area contributed by atoms with Crippen molar-refractivity contribution < 1.29 is 4.74 Å². The van der Waals surface area contributed by atoms with Gasteiger partial charge in [-0.15, -0.1) is 0 Å². The summed E-state index contributed by atoms with van der Waals surface area (Å²) in [4.78, 5) is 23.1. The lowest BCUT2D eigenvalue weighted by atomic mass is 9.79. The smallest absolute Gasteiger partial charge is 0.229 e. The molecule has 0 amide bonds. The molecule has 0 aromatic carbocycles. The van der Waals surface area contributed by atoms with E-state index in [-0.39, 0.29) is 5.54 Å². The predicted octanol–water partition coefficient (Wildman–Crippen LogP) is 2.52. The summed E-state index contributed by atoms with van der Waals surface area (Å²) >= 11 is 0. The van der Waals surface area contributed by atoms with Crippen molar-refractivity contribution in [1.82, 2.24) is 24.6 Å². The fourth-order valence-corrected chi connectivity index (χ4v) is 5.04. The minimum absolute atomic E-state index is 0.0228. The lowest BCUT2D eigenvalue weighted by Crippen LogP contribution is -2.53. The van der Waals surface area contributed by atoms with Gasteiger partial charge in [-0.25, -0.2) is 19.5 Å². The topological polar surface area (TPSA) is 96.1 Å². The zero-order valence-electron chi connectivity index (χ0n) is 17.9. The highest BCUT2D eigenvalue weighted by atomic mass is 16.5. The number of aliphatic imine (C=N–C) groups is 1. The summed E-state index contributed by atoms with van der Waals surface area (Å²) in [6, 6.07) is 1.99. The number of nitrogens with one attached hydrogen (secondary N) is 1. The molecule has 1 fully saturated rings. The zero-order valence-corrected chi connectivity index (χ0v) is 17.9. The number of hydrogen-bond donors (Lipinski definition) is 1. The fourth-order valence-electron chi connectivity index (χ4n) is 5.04. The number of anilines is 4. The third-order valence-electron chi connectivity index (χ3n) is 6.88. The van der Waals surface area contributed by atoms with Crippen LogP contribution >= 0.6 is 0 Å². The molecule has 0 bridgehead atoms. The Bertz CT molecular complexity index is 1190. The molecule has 3 aliphatic rings. The first kappa shape index (κ1) is 18.5. The van der Waals surface area contributed by atoms with Gasteiger partial charge >= 0.3 is 0 Å². The fraction of sp³-hybridized carbons (Fsp3) is 0.476. The van der Waals surface area contributed by atoms with E-state index in [1.165, 1.54) is 0 Å². The molecule has 0 atom stereocenters. The molecule has 10 nitrogen and oxygen atoms in total. The summed E-state index contributed by atoms with van der Waals surface area (Å²) in [5.41, 5.74) is 3.73. The molecule has 1 N–H and O–H groups in total. The van der Waals surface area contributed by atoms with Crippen molar-refractivity contribution in [3.8, 4) is 0 Å². The number of methoxy groups -OCH3 is 1. The molecule has 1 aliphatic carbocycles. The van der Waals surface area contributed by atoms with Crippen molar-refractivity contribution in [2.24, 2.45) is 4.99 Å². The van der Waals surface area contributed by atoms with Crippen LogP contribution in [-0.4, -0.2) is 62.9 Å². The van der Waals surface area contributed by atoms with Gasteiger partial charge in [-0.05, 0) is 44.2 Å². The highest BCUT2D eigenvalue weighted by molar-refractivity contribution is 6.17. The highest BCUT2D eigenvalue weighted by Gasteiger charge is 2.52. The molecule has 3 aromatic rings. The van der Waals surface area contributed by atoms with E-state index in [4.69, 9.17) is 14.7 Å². The number of aryl methyl sites for hydroxylation is 1. The molecule has 1 saturated carbocycles. The van der Waals surface area contributed by atoms with Gasteiger partial charge in [0.2, 0.25) is 11.9 Å². The quantitative estimate of drug-likeness (QED) is 0.692. The second-order valence-corrected chi connectivity index (χ2v) is 8.63. The highest BCUT2D eigenvalue weighted by Crippen LogP contribution is 2.47. The van der Waals surface area contributed by atoms with Gasteiger partial charge in [0.15, 0.2) is 11.5 Å². The van der Waals surface area contributed by atoms with E-state index in [0.717, 1.165) is 66.6 Å². The number of ether oxygens (including phenoxy) is 1. The third-order valence-corrected chi connectivity index (χ3v) is 6.88. The lowest BCUT2D eigenvalue weighted by Gasteiger charge is -2.42. The van der Waals surface area contributed by atoms with Crippen molar-refractivity contribution in [3.05, 3.63) is 30.4 Å². The predicted molar refractivity (Wildman–Crippen MR) is 118 cm³/mol. The molecular formula is C21H25N9O. The van der Waals surface area contributed by atoms with Gasteiger partial charge in [0.1, 0.15) is 12.0 Å². The summed E-state index contributed by atoms with van der Waals surface area (Å²) in [6.45, 7) is 2.84. The monoisotopic (exact) mass is 419 g/mol. The first-order valence-electron chi connectivity index (χ1n) is 10.6. The van der Waals surface area contributed by atoms with E-state index in [1.54, 1.807) is 10.8 Å². The Hall–Kier alpha value is -3.27. The number of guanidine groups is 1. The standard InChI is InChI=1S/C21H25N9O/c1-13-8-17-24-12-25-29(17)10-15(13)26-19-22-9-16-18(27-19)30-20(28(16)2)23-11-21(30)6-4-14(31-3)5-7-21/h8-10,12,14H,4-7,11H2,1-3H3,(H,22,26,27). The lowest BCUT2D eigenvalue weighted by molar-refractivity contribution is 0.0532. The van der Waals surface area contributed by atoms with Gasteiger partial charge in [0, 0.05) is 14.2 Å². The Kier molecular flexibility index (Phi) is 3.95. The maximum atomic E-state index is 5.60. The normalized spacial score (nSPS) is 24.6. The number of pyridine rings is 1. The van der Waals surface area contributed by atoms with Crippen LogP contribution in [0.3, 0.4) is 0 Å². The van der Waals surface area contributed by atoms with Crippen LogP contribution in [0.15, 0.2) is 29.8 Å². The van der Waals surface area contributed by atoms with Crippen LogP contribution in [-0.2, 0) is 4.74 Å². The SMILES string of the molecule is COC1CCC2(CC1)CN=C1N(C)c3cnc(Nc4cn5ncnc5cc4C)nc3N12. The first-order valence-corrected chi connectivity index (χ1v) is 10.6. The molecule has 3 aromatic heterocycles. The zero-order chi connectivity index (χ0) is 21.2. The van der Waals surface area contributed by atoms with Crippen LogP contribution in [0.5, 0.6) is 0 Å². The Morgan fingerprint density at radius 1 is 1.23 bits per heavy atom. The molecular weight excluding hydrogens is 394 g/mol. The summed E-state index contributed by atoms with van der Waals surface area (Å²) in [5, 5.41) is 7.60. The Labute approximate surface area is 180 Å². The Balaban J connectivity index is 1.35. The van der Waals surface area contributed by atoms with Gasteiger partial charge in [0.25, 0.3) is 0 Å². The van der Waals surface area contributed by atoms with Gasteiger partial charge in [-0.3, -0.25) is 4.90 Å². The number of aromatic nitrogens is 5. The molecule has 0 radical (unpaired) electrons. The van der Waals surface area contributed by atoms with Crippen LogP contribution in [0.25, 0.3) is 5.65 Å². The van der Waals surface area contributed by atoms with Gasteiger partial charge < -0.3 is 15.0 Å². The van der Waals surface area contributed by atoms with E-state index in [2.05, 4.69) is 30.2 Å². The molecule has 5 heterocycles. The molecule has 10 heteroatoms. The molecule has 160 valence electrons. The van der Waals surface area contributed by atoms with Crippen LogP contribution in [0.4, 0.5) is 23.1 Å². The largest absolute Gasteiger partial charge is 0.381 e. The molecule has 2 aliphatic heterocycles. The van der Waals surface area contributed by atoms with Crippen LogP contribution in [0.1, 0.15) is 31.2 Å². The number of rotatable bonds is 3. The van der Waals surface area contributed by atoms with E-state index < -0.39 is 0 Å². The number of hydrogen-bond acceptors (Lipinski definition) is 9. The van der Waals surface area contributed by atoms with E-state index in [1.807, 2.05) is 39.5 Å². The van der Waals surface area contributed by atoms with Gasteiger partial charge in [-0.2, -0.15) is 10.1 Å². The van der Waals surface area contributed by atoms with Crippen LogP contribution < -0.4 is 15.1 Å². The van der Waals surface area contributed by atoms with Crippen molar-refractivity contribution >= 4 is 34.7 Å². The van der Waals surface area contributed by atoms with Crippen LogP contribution in [0.2, 0.25) is 0 Å². The summed E-state index contributed by atoms with van der Waals surface area (Å²) < 4.78 is 7.34. The van der Waals surface area contributed by atoms with Crippen molar-refractivity contribution in [3.63, 3.8) is 0 Å².